The number of halogens is 2. The van der Waals surface area contributed by atoms with Crippen molar-refractivity contribution in [3.8, 4) is 0 Å². The second-order valence-electron chi connectivity index (χ2n) is 4.51. The summed E-state index contributed by atoms with van der Waals surface area (Å²) in [7, 11) is 0. The molecule has 5 heteroatoms. The Morgan fingerprint density at radius 2 is 1.72 bits per heavy atom. The van der Waals surface area contributed by atoms with E-state index in [2.05, 4.69) is 5.32 Å². The Hall–Kier alpha value is -1.65. The molecule has 0 bridgehead atoms. The van der Waals surface area contributed by atoms with Crippen molar-refractivity contribution < 1.29 is 18.7 Å². The monoisotopic (exact) mass is 257 g/mol. The topological polar surface area (TPSA) is 49.3 Å². The molecule has 100 valence electrons. The lowest BCUT2D eigenvalue weighted by Crippen LogP contribution is -2.33. The summed E-state index contributed by atoms with van der Waals surface area (Å²) in [6, 6.07) is 1.64. The summed E-state index contributed by atoms with van der Waals surface area (Å²) in [5, 5.41) is 11.5. The molecule has 0 saturated heterocycles. The normalized spacial score (nSPS) is 11.4. The van der Waals surface area contributed by atoms with Crippen molar-refractivity contribution in [3.63, 3.8) is 0 Å². The van der Waals surface area contributed by atoms with Crippen LogP contribution in [0.15, 0.2) is 12.1 Å². The average Bonchev–Trinajstić information content (AvgIpc) is 2.33. The van der Waals surface area contributed by atoms with Crippen LogP contribution in [0.1, 0.15) is 44.0 Å². The summed E-state index contributed by atoms with van der Waals surface area (Å²) in [5.41, 5.74) is -1.09. The standard InChI is InChI=1S/C13H17F2NO2/c1-4-13(3,5-2)16-11-9(14)6-8(12(17)18)7-10(11)15/h6-7,16H,4-5H2,1-3H3,(H,17,18). The van der Waals surface area contributed by atoms with E-state index in [1.165, 1.54) is 0 Å². The van der Waals surface area contributed by atoms with E-state index in [9.17, 15) is 13.6 Å². The zero-order chi connectivity index (χ0) is 13.9. The first-order chi connectivity index (χ1) is 8.33. The zero-order valence-electron chi connectivity index (χ0n) is 10.7. The van der Waals surface area contributed by atoms with Gasteiger partial charge in [-0.15, -0.1) is 0 Å². The molecule has 0 aliphatic rings. The van der Waals surface area contributed by atoms with Crippen LogP contribution >= 0.6 is 0 Å². The van der Waals surface area contributed by atoms with Crippen molar-refractivity contribution in [2.24, 2.45) is 0 Å². The van der Waals surface area contributed by atoms with Crippen LogP contribution in [-0.2, 0) is 0 Å². The first-order valence-electron chi connectivity index (χ1n) is 5.83. The fourth-order valence-electron chi connectivity index (χ4n) is 1.54. The molecule has 0 aliphatic heterocycles. The number of benzene rings is 1. The van der Waals surface area contributed by atoms with Gasteiger partial charge in [-0.25, -0.2) is 13.6 Å². The molecule has 18 heavy (non-hydrogen) atoms. The van der Waals surface area contributed by atoms with Gasteiger partial charge in [0, 0.05) is 5.54 Å². The third-order valence-corrected chi connectivity index (χ3v) is 3.28. The van der Waals surface area contributed by atoms with Gasteiger partial charge in [-0.3, -0.25) is 0 Å². The predicted molar refractivity (Wildman–Crippen MR) is 65.9 cm³/mol. The maximum Gasteiger partial charge on any atom is 0.335 e. The van der Waals surface area contributed by atoms with Gasteiger partial charge in [0.05, 0.1) is 5.56 Å². The molecule has 0 fully saturated rings. The molecule has 0 aromatic heterocycles. The van der Waals surface area contributed by atoms with Gasteiger partial charge >= 0.3 is 5.97 Å². The van der Waals surface area contributed by atoms with Crippen LogP contribution in [0, 0.1) is 11.6 Å². The summed E-state index contributed by atoms with van der Waals surface area (Å²) >= 11 is 0. The molecule has 1 aromatic rings. The largest absolute Gasteiger partial charge is 0.478 e. The van der Waals surface area contributed by atoms with Gasteiger partial charge in [0.2, 0.25) is 0 Å². The summed E-state index contributed by atoms with van der Waals surface area (Å²) in [6.07, 6.45) is 1.39. The number of carbonyl (C=O) groups is 1. The Labute approximate surface area is 105 Å². The number of carboxylic acids is 1. The van der Waals surface area contributed by atoms with Crippen LogP contribution in [0.25, 0.3) is 0 Å². The van der Waals surface area contributed by atoms with E-state index >= 15 is 0 Å². The molecular formula is C13H17F2NO2. The number of nitrogens with one attached hydrogen (secondary N) is 1. The van der Waals surface area contributed by atoms with E-state index in [4.69, 9.17) is 5.11 Å². The Bertz CT molecular complexity index is 433. The van der Waals surface area contributed by atoms with Crippen LogP contribution in [0.4, 0.5) is 14.5 Å². The molecule has 0 saturated carbocycles. The number of hydrogen-bond donors (Lipinski definition) is 2. The molecule has 0 heterocycles. The smallest absolute Gasteiger partial charge is 0.335 e. The van der Waals surface area contributed by atoms with Crippen LogP contribution in [0.3, 0.4) is 0 Å². The highest BCUT2D eigenvalue weighted by molar-refractivity contribution is 5.88. The first kappa shape index (κ1) is 14.4. The second-order valence-corrected chi connectivity index (χ2v) is 4.51. The maximum absolute atomic E-state index is 13.7. The van der Waals surface area contributed by atoms with Crippen LogP contribution in [0.5, 0.6) is 0 Å². The van der Waals surface area contributed by atoms with E-state index in [0.29, 0.717) is 12.8 Å². The molecule has 1 rings (SSSR count). The number of aromatic carboxylic acids is 1. The highest BCUT2D eigenvalue weighted by Gasteiger charge is 2.23. The van der Waals surface area contributed by atoms with Crippen LogP contribution < -0.4 is 5.32 Å². The third-order valence-electron chi connectivity index (χ3n) is 3.28. The highest BCUT2D eigenvalue weighted by Crippen LogP contribution is 2.27. The lowest BCUT2D eigenvalue weighted by Gasteiger charge is -2.30. The molecule has 0 aliphatic carbocycles. The fourth-order valence-corrected chi connectivity index (χ4v) is 1.54. The van der Waals surface area contributed by atoms with E-state index < -0.39 is 28.7 Å². The van der Waals surface area contributed by atoms with Crippen molar-refractivity contribution in [1.82, 2.24) is 0 Å². The van der Waals surface area contributed by atoms with Crippen molar-refractivity contribution in [2.45, 2.75) is 39.2 Å². The van der Waals surface area contributed by atoms with Crippen LogP contribution in [-0.4, -0.2) is 16.6 Å². The third kappa shape index (κ3) is 2.97. The molecule has 0 atom stereocenters. The molecule has 0 radical (unpaired) electrons. The quantitative estimate of drug-likeness (QED) is 0.846. The van der Waals surface area contributed by atoms with E-state index in [-0.39, 0.29) is 5.69 Å². The predicted octanol–water partition coefficient (Wildman–Crippen LogP) is 3.65. The first-order valence-corrected chi connectivity index (χ1v) is 5.83. The van der Waals surface area contributed by atoms with Gasteiger partial charge in [-0.05, 0) is 31.9 Å². The fraction of sp³-hybridized carbons (Fsp3) is 0.462. The number of carboxylic acid groups (broad SMARTS) is 1. The van der Waals surface area contributed by atoms with Crippen molar-refractivity contribution in [3.05, 3.63) is 29.3 Å². The summed E-state index contributed by atoms with van der Waals surface area (Å²) in [4.78, 5) is 10.7. The minimum Gasteiger partial charge on any atom is -0.478 e. The van der Waals surface area contributed by atoms with E-state index in [1.807, 2.05) is 20.8 Å². The molecule has 0 spiro atoms. The van der Waals surface area contributed by atoms with E-state index in [1.54, 1.807) is 0 Å². The molecule has 3 nitrogen and oxygen atoms in total. The lowest BCUT2D eigenvalue weighted by molar-refractivity contribution is 0.0696. The van der Waals surface area contributed by atoms with Gasteiger partial charge in [0.25, 0.3) is 0 Å². The molecule has 0 amide bonds. The van der Waals surface area contributed by atoms with Gasteiger partial charge in [0.15, 0.2) is 0 Å². The highest BCUT2D eigenvalue weighted by atomic mass is 19.1. The van der Waals surface area contributed by atoms with Crippen LogP contribution in [0.2, 0.25) is 0 Å². The van der Waals surface area contributed by atoms with Crippen molar-refractivity contribution >= 4 is 11.7 Å². The number of hydrogen-bond acceptors (Lipinski definition) is 2. The van der Waals surface area contributed by atoms with Gasteiger partial charge in [-0.2, -0.15) is 0 Å². The second kappa shape index (κ2) is 5.33. The number of rotatable bonds is 5. The van der Waals surface area contributed by atoms with Gasteiger partial charge in [0.1, 0.15) is 17.3 Å². The maximum atomic E-state index is 13.7. The summed E-state index contributed by atoms with van der Waals surface area (Å²) in [6.45, 7) is 5.69. The Morgan fingerprint density at radius 1 is 1.28 bits per heavy atom. The zero-order valence-corrected chi connectivity index (χ0v) is 10.7. The summed E-state index contributed by atoms with van der Waals surface area (Å²) < 4.78 is 27.4. The molecule has 1 aromatic carbocycles. The van der Waals surface area contributed by atoms with Gasteiger partial charge < -0.3 is 10.4 Å². The average molecular weight is 257 g/mol. The molecule has 0 unspecified atom stereocenters. The number of anilines is 1. The molecular weight excluding hydrogens is 240 g/mol. The lowest BCUT2D eigenvalue weighted by atomic mass is 9.95. The minimum atomic E-state index is -1.35. The summed E-state index contributed by atoms with van der Waals surface area (Å²) in [5.74, 6) is -3.13. The van der Waals surface area contributed by atoms with E-state index in [0.717, 1.165) is 12.1 Å². The van der Waals surface area contributed by atoms with Crippen molar-refractivity contribution in [2.75, 3.05) is 5.32 Å². The van der Waals surface area contributed by atoms with Crippen molar-refractivity contribution in [1.29, 1.82) is 0 Å². The van der Waals surface area contributed by atoms with Gasteiger partial charge in [-0.1, -0.05) is 13.8 Å². The minimum absolute atomic E-state index is 0.272. The molecule has 2 N–H and O–H groups in total. The Kier molecular flexibility index (Phi) is 4.27. The Balaban J connectivity index is 3.15. The Morgan fingerprint density at radius 3 is 2.06 bits per heavy atom. The SMILES string of the molecule is CCC(C)(CC)Nc1c(F)cc(C(=O)O)cc1F.